The minimum absolute atomic E-state index is 0.211. The second-order valence-corrected chi connectivity index (χ2v) is 5.03. The number of aromatic nitrogens is 1. The number of hydrogen-bond acceptors (Lipinski definition) is 3. The van der Waals surface area contributed by atoms with Crippen molar-refractivity contribution in [2.24, 2.45) is 0 Å². The molecule has 0 radical (unpaired) electrons. The molecule has 5 heteroatoms. The van der Waals surface area contributed by atoms with E-state index in [4.69, 9.17) is 5.73 Å². The van der Waals surface area contributed by atoms with Crippen molar-refractivity contribution in [3.63, 3.8) is 0 Å². The molecule has 0 aliphatic heterocycles. The zero-order valence-corrected chi connectivity index (χ0v) is 12.1. The summed E-state index contributed by atoms with van der Waals surface area (Å²) < 4.78 is 0.765. The molecule has 19 heavy (non-hydrogen) atoms. The maximum absolute atomic E-state index is 12.0. The second-order valence-electron chi connectivity index (χ2n) is 4.11. The lowest BCUT2D eigenvalue weighted by Gasteiger charge is -2.08. The van der Waals surface area contributed by atoms with Crippen LogP contribution >= 0.6 is 15.9 Å². The SMILES string of the molecule is CCc1ccc(NC(=O)c2cncc(Br)c2)cc1N. The maximum atomic E-state index is 12.0. The summed E-state index contributed by atoms with van der Waals surface area (Å²) in [5, 5.41) is 2.80. The van der Waals surface area contributed by atoms with Crippen LogP contribution in [0.15, 0.2) is 41.1 Å². The number of aryl methyl sites for hydroxylation is 1. The molecule has 0 spiro atoms. The van der Waals surface area contributed by atoms with Crippen molar-refractivity contribution < 1.29 is 4.79 Å². The van der Waals surface area contributed by atoms with Crippen LogP contribution < -0.4 is 11.1 Å². The molecule has 2 rings (SSSR count). The number of nitrogens with one attached hydrogen (secondary N) is 1. The van der Waals surface area contributed by atoms with E-state index in [-0.39, 0.29) is 5.91 Å². The molecule has 98 valence electrons. The Balaban J connectivity index is 2.17. The highest BCUT2D eigenvalue weighted by molar-refractivity contribution is 9.10. The van der Waals surface area contributed by atoms with Gasteiger partial charge in [-0.05, 0) is 46.1 Å². The number of carbonyl (C=O) groups excluding carboxylic acids is 1. The quantitative estimate of drug-likeness (QED) is 0.853. The molecule has 3 N–H and O–H groups in total. The first-order valence-corrected chi connectivity index (χ1v) is 6.69. The fraction of sp³-hybridized carbons (Fsp3) is 0.143. The number of nitrogens with two attached hydrogens (primary N) is 1. The molecule has 4 nitrogen and oxygen atoms in total. The monoisotopic (exact) mass is 319 g/mol. The van der Waals surface area contributed by atoms with Gasteiger partial charge in [0.05, 0.1) is 5.56 Å². The van der Waals surface area contributed by atoms with Gasteiger partial charge in [0, 0.05) is 28.2 Å². The average molecular weight is 320 g/mol. The molecule has 1 amide bonds. The third-order valence-electron chi connectivity index (χ3n) is 2.75. The van der Waals surface area contributed by atoms with Crippen LogP contribution in [0.3, 0.4) is 0 Å². The standard InChI is InChI=1S/C14H14BrN3O/c1-2-9-3-4-12(6-13(9)16)18-14(19)10-5-11(15)8-17-7-10/h3-8H,2,16H2,1H3,(H,18,19). The molecule has 1 heterocycles. The predicted octanol–water partition coefficient (Wildman–Crippen LogP) is 3.24. The first-order valence-electron chi connectivity index (χ1n) is 5.90. The zero-order chi connectivity index (χ0) is 13.8. The molecule has 0 unspecified atom stereocenters. The van der Waals surface area contributed by atoms with Crippen LogP contribution in [0.2, 0.25) is 0 Å². The van der Waals surface area contributed by atoms with E-state index in [0.717, 1.165) is 16.5 Å². The fourth-order valence-corrected chi connectivity index (χ4v) is 2.10. The van der Waals surface area contributed by atoms with Gasteiger partial charge in [-0.2, -0.15) is 0 Å². The highest BCUT2D eigenvalue weighted by Crippen LogP contribution is 2.19. The van der Waals surface area contributed by atoms with Gasteiger partial charge in [-0.15, -0.1) is 0 Å². The van der Waals surface area contributed by atoms with Gasteiger partial charge in [-0.3, -0.25) is 9.78 Å². The topological polar surface area (TPSA) is 68.0 Å². The van der Waals surface area contributed by atoms with Gasteiger partial charge in [-0.1, -0.05) is 13.0 Å². The first-order chi connectivity index (χ1) is 9.10. The summed E-state index contributed by atoms with van der Waals surface area (Å²) >= 11 is 3.28. The highest BCUT2D eigenvalue weighted by atomic mass is 79.9. The minimum Gasteiger partial charge on any atom is -0.398 e. The molecule has 0 fully saturated rings. The van der Waals surface area contributed by atoms with E-state index in [1.807, 2.05) is 19.1 Å². The number of carbonyl (C=O) groups is 1. The van der Waals surface area contributed by atoms with Crippen molar-refractivity contribution in [1.82, 2.24) is 4.98 Å². The Kier molecular flexibility index (Phi) is 4.16. The molecule has 0 saturated heterocycles. The second kappa shape index (κ2) is 5.84. The molecule has 1 aromatic carbocycles. The van der Waals surface area contributed by atoms with Crippen molar-refractivity contribution in [3.8, 4) is 0 Å². The van der Waals surface area contributed by atoms with Crippen molar-refractivity contribution in [1.29, 1.82) is 0 Å². The number of pyridine rings is 1. The van der Waals surface area contributed by atoms with E-state index in [9.17, 15) is 4.79 Å². The Labute approximate surface area is 120 Å². The third-order valence-corrected chi connectivity index (χ3v) is 3.19. The summed E-state index contributed by atoms with van der Waals surface area (Å²) in [4.78, 5) is 16.0. The van der Waals surface area contributed by atoms with Crippen LogP contribution in [0.1, 0.15) is 22.8 Å². The maximum Gasteiger partial charge on any atom is 0.257 e. The van der Waals surface area contributed by atoms with E-state index in [2.05, 4.69) is 26.2 Å². The van der Waals surface area contributed by atoms with Gasteiger partial charge >= 0.3 is 0 Å². The molecule has 0 saturated carbocycles. The largest absolute Gasteiger partial charge is 0.398 e. The van der Waals surface area contributed by atoms with E-state index >= 15 is 0 Å². The smallest absolute Gasteiger partial charge is 0.257 e. The number of hydrogen-bond donors (Lipinski definition) is 2. The highest BCUT2D eigenvalue weighted by Gasteiger charge is 2.08. The minimum atomic E-state index is -0.211. The van der Waals surface area contributed by atoms with Gasteiger partial charge in [0.1, 0.15) is 0 Å². The van der Waals surface area contributed by atoms with E-state index in [0.29, 0.717) is 16.9 Å². The lowest BCUT2D eigenvalue weighted by atomic mass is 10.1. The zero-order valence-electron chi connectivity index (χ0n) is 10.5. The van der Waals surface area contributed by atoms with Crippen LogP contribution in [-0.2, 0) is 6.42 Å². The number of halogens is 1. The number of benzene rings is 1. The summed E-state index contributed by atoms with van der Waals surface area (Å²) in [5.74, 6) is -0.211. The lowest BCUT2D eigenvalue weighted by molar-refractivity contribution is 0.102. The average Bonchev–Trinajstić information content (AvgIpc) is 2.39. The van der Waals surface area contributed by atoms with Crippen molar-refractivity contribution in [2.45, 2.75) is 13.3 Å². The molecule has 0 aliphatic rings. The molecule has 0 aliphatic carbocycles. The van der Waals surface area contributed by atoms with Crippen LogP contribution in [0.25, 0.3) is 0 Å². The summed E-state index contributed by atoms with van der Waals surface area (Å²) in [6.45, 7) is 2.04. The van der Waals surface area contributed by atoms with Gasteiger partial charge in [-0.25, -0.2) is 0 Å². The molecule has 1 aromatic heterocycles. The number of amides is 1. The number of nitrogen functional groups attached to an aromatic ring is 1. The number of nitrogens with zero attached hydrogens (tertiary/aromatic N) is 1. The van der Waals surface area contributed by atoms with Gasteiger partial charge in [0.2, 0.25) is 0 Å². The van der Waals surface area contributed by atoms with Gasteiger partial charge in [0.15, 0.2) is 0 Å². The summed E-state index contributed by atoms with van der Waals surface area (Å²) in [5.41, 5.74) is 8.83. The van der Waals surface area contributed by atoms with Crippen molar-refractivity contribution in [2.75, 3.05) is 11.1 Å². The fourth-order valence-electron chi connectivity index (χ4n) is 1.73. The molecular formula is C14H14BrN3O. The van der Waals surface area contributed by atoms with Crippen molar-refractivity contribution >= 4 is 33.2 Å². The summed E-state index contributed by atoms with van der Waals surface area (Å²) in [7, 11) is 0. The Morgan fingerprint density at radius 3 is 2.79 bits per heavy atom. The summed E-state index contributed by atoms with van der Waals surface area (Å²) in [6, 6.07) is 7.25. The molecular weight excluding hydrogens is 306 g/mol. The van der Waals surface area contributed by atoms with Crippen LogP contribution in [-0.4, -0.2) is 10.9 Å². The molecule has 0 bridgehead atoms. The van der Waals surface area contributed by atoms with Crippen molar-refractivity contribution in [3.05, 3.63) is 52.3 Å². The summed E-state index contributed by atoms with van der Waals surface area (Å²) in [6.07, 6.45) is 4.02. The molecule has 0 atom stereocenters. The third kappa shape index (κ3) is 3.32. The Hall–Kier alpha value is -1.88. The Bertz CT molecular complexity index is 613. The molecule has 2 aromatic rings. The number of rotatable bonds is 3. The van der Waals surface area contributed by atoms with Crippen LogP contribution in [0.4, 0.5) is 11.4 Å². The Morgan fingerprint density at radius 2 is 2.16 bits per heavy atom. The lowest BCUT2D eigenvalue weighted by Crippen LogP contribution is -2.12. The first kappa shape index (κ1) is 13.5. The predicted molar refractivity (Wildman–Crippen MR) is 80.1 cm³/mol. The van der Waals surface area contributed by atoms with E-state index < -0.39 is 0 Å². The van der Waals surface area contributed by atoms with E-state index in [1.165, 1.54) is 6.20 Å². The number of anilines is 2. The van der Waals surface area contributed by atoms with Crippen LogP contribution in [0.5, 0.6) is 0 Å². The Morgan fingerprint density at radius 1 is 1.37 bits per heavy atom. The van der Waals surface area contributed by atoms with Crippen LogP contribution in [0, 0.1) is 0 Å². The normalized spacial score (nSPS) is 10.2. The van der Waals surface area contributed by atoms with Gasteiger partial charge < -0.3 is 11.1 Å². The van der Waals surface area contributed by atoms with E-state index in [1.54, 1.807) is 18.3 Å². The van der Waals surface area contributed by atoms with Gasteiger partial charge in [0.25, 0.3) is 5.91 Å².